The first-order valence-corrected chi connectivity index (χ1v) is 10.4. The molecular formula is C26H21N3O3. The molecule has 0 unspecified atom stereocenters. The minimum Gasteiger partial charge on any atom is -0.297 e. The summed E-state index contributed by atoms with van der Waals surface area (Å²) in [5.41, 5.74) is 1.71. The van der Waals surface area contributed by atoms with Crippen LogP contribution in [0, 0.1) is 0 Å². The van der Waals surface area contributed by atoms with Crippen LogP contribution < -0.4 is 4.90 Å². The molecular weight excluding hydrogens is 402 g/mol. The number of fused-ring (bicyclic) bond motifs is 1. The number of β-lactam (4-membered cyclic amide) rings is 1. The van der Waals surface area contributed by atoms with Gasteiger partial charge in [0.2, 0.25) is 0 Å². The van der Waals surface area contributed by atoms with Gasteiger partial charge in [0.25, 0.3) is 17.7 Å². The van der Waals surface area contributed by atoms with Gasteiger partial charge in [-0.25, -0.2) is 0 Å². The summed E-state index contributed by atoms with van der Waals surface area (Å²) in [6, 6.07) is 24.4. The fourth-order valence-electron chi connectivity index (χ4n) is 4.59. The number of benzene rings is 3. The van der Waals surface area contributed by atoms with E-state index in [1.807, 2.05) is 74.5 Å². The van der Waals surface area contributed by atoms with E-state index in [0.717, 1.165) is 10.6 Å². The number of nitrogens with zero attached hydrogens (tertiary/aromatic N) is 3. The van der Waals surface area contributed by atoms with Gasteiger partial charge in [0.1, 0.15) is 11.6 Å². The fourth-order valence-corrected chi connectivity index (χ4v) is 4.59. The topological polar surface area (TPSA) is 70.0 Å². The number of carbonyl (C=O) groups is 3. The number of amides is 3. The number of aliphatic imine (C=N–C) groups is 1. The van der Waals surface area contributed by atoms with Gasteiger partial charge in [0.05, 0.1) is 16.8 Å². The van der Waals surface area contributed by atoms with Gasteiger partial charge in [0, 0.05) is 11.4 Å². The van der Waals surface area contributed by atoms with Gasteiger partial charge in [-0.2, -0.15) is 0 Å². The zero-order chi connectivity index (χ0) is 22.5. The second-order valence-corrected chi connectivity index (χ2v) is 8.12. The molecule has 0 bridgehead atoms. The zero-order valence-corrected chi connectivity index (χ0v) is 17.7. The Balaban J connectivity index is 1.63. The van der Waals surface area contributed by atoms with Gasteiger partial charge in [-0.1, -0.05) is 48.5 Å². The van der Waals surface area contributed by atoms with E-state index in [0.29, 0.717) is 22.5 Å². The van der Waals surface area contributed by atoms with E-state index in [9.17, 15) is 14.4 Å². The van der Waals surface area contributed by atoms with Crippen molar-refractivity contribution in [2.75, 3.05) is 4.90 Å². The van der Waals surface area contributed by atoms with E-state index in [-0.39, 0.29) is 5.91 Å². The van der Waals surface area contributed by atoms with E-state index in [2.05, 4.69) is 0 Å². The zero-order valence-electron chi connectivity index (χ0n) is 17.7. The van der Waals surface area contributed by atoms with Crippen molar-refractivity contribution in [1.29, 1.82) is 0 Å². The Morgan fingerprint density at radius 1 is 0.781 bits per heavy atom. The normalized spacial score (nSPS) is 22.8. The number of imide groups is 1. The summed E-state index contributed by atoms with van der Waals surface area (Å²) in [4.78, 5) is 47.4. The molecule has 0 saturated carbocycles. The molecule has 158 valence electrons. The van der Waals surface area contributed by atoms with Gasteiger partial charge >= 0.3 is 0 Å². The van der Waals surface area contributed by atoms with Crippen LogP contribution in [0.1, 0.15) is 34.6 Å². The molecule has 1 saturated heterocycles. The molecule has 3 aromatic rings. The number of carbonyl (C=O) groups excluding carboxylic acids is 3. The van der Waals surface area contributed by atoms with Crippen LogP contribution in [0.25, 0.3) is 0 Å². The highest BCUT2D eigenvalue weighted by atomic mass is 16.2. The largest absolute Gasteiger partial charge is 0.297 e. The van der Waals surface area contributed by atoms with Crippen LogP contribution in [-0.4, -0.2) is 39.9 Å². The Bertz CT molecular complexity index is 1230. The van der Waals surface area contributed by atoms with Crippen molar-refractivity contribution < 1.29 is 14.4 Å². The van der Waals surface area contributed by atoms with Gasteiger partial charge in [0.15, 0.2) is 0 Å². The Morgan fingerprint density at radius 3 is 1.84 bits per heavy atom. The second kappa shape index (κ2) is 7.27. The maximum atomic E-state index is 13.5. The maximum absolute atomic E-state index is 13.5. The smallest absolute Gasteiger partial charge is 0.262 e. The highest BCUT2D eigenvalue weighted by molar-refractivity contribution is 6.28. The first-order valence-electron chi connectivity index (χ1n) is 10.4. The monoisotopic (exact) mass is 423 g/mol. The van der Waals surface area contributed by atoms with Gasteiger partial charge in [-0.3, -0.25) is 29.2 Å². The molecule has 0 spiro atoms. The van der Waals surface area contributed by atoms with Crippen molar-refractivity contribution in [2.24, 2.45) is 4.99 Å². The van der Waals surface area contributed by atoms with Crippen LogP contribution in [0.15, 0.2) is 89.9 Å². The molecule has 32 heavy (non-hydrogen) atoms. The maximum Gasteiger partial charge on any atom is 0.262 e. The third-order valence-electron chi connectivity index (χ3n) is 6.33. The number of para-hydroxylation sites is 2. The lowest BCUT2D eigenvalue weighted by Crippen LogP contribution is -2.81. The predicted molar refractivity (Wildman–Crippen MR) is 122 cm³/mol. The second-order valence-electron chi connectivity index (χ2n) is 8.12. The van der Waals surface area contributed by atoms with Crippen molar-refractivity contribution in [3.8, 4) is 0 Å². The Labute approximate surface area is 185 Å². The Hall–Kier alpha value is -4.06. The summed E-state index contributed by atoms with van der Waals surface area (Å²) < 4.78 is 0. The molecule has 1 fully saturated rings. The molecule has 0 aromatic heterocycles. The lowest BCUT2D eigenvalue weighted by Gasteiger charge is -2.57. The van der Waals surface area contributed by atoms with Crippen LogP contribution in [0.5, 0.6) is 0 Å². The molecule has 5 rings (SSSR count). The summed E-state index contributed by atoms with van der Waals surface area (Å²) >= 11 is 0. The molecule has 0 radical (unpaired) electrons. The van der Waals surface area contributed by atoms with Crippen LogP contribution >= 0.6 is 0 Å². The van der Waals surface area contributed by atoms with Gasteiger partial charge in [-0.05, 0) is 50.2 Å². The van der Waals surface area contributed by atoms with Crippen LogP contribution in [0.3, 0.4) is 0 Å². The first kappa shape index (κ1) is 19.9. The lowest BCUT2D eigenvalue weighted by molar-refractivity contribution is -0.131. The molecule has 3 aromatic carbocycles. The molecule has 0 aliphatic carbocycles. The highest BCUT2D eigenvalue weighted by Gasteiger charge is 2.65. The number of hydrogen-bond donors (Lipinski definition) is 0. The van der Waals surface area contributed by atoms with Gasteiger partial charge < -0.3 is 0 Å². The number of hydrogen-bond acceptors (Lipinski definition) is 4. The molecule has 2 aliphatic heterocycles. The van der Waals surface area contributed by atoms with E-state index in [1.165, 1.54) is 0 Å². The summed E-state index contributed by atoms with van der Waals surface area (Å²) in [7, 11) is 0. The Kier molecular flexibility index (Phi) is 4.51. The molecule has 3 amide bonds. The van der Waals surface area contributed by atoms with Crippen molar-refractivity contribution in [1.82, 2.24) is 4.90 Å². The standard InChI is InChI=1S/C26H21N3O3/c1-17(27-18-11-5-3-6-12-18)26(2)22(25(32)29(26)19-13-7-4-8-14-19)28-23(30)20-15-9-10-16-21(20)24(28)31/h3-16,22H,1-2H3/t22-,26-/m0/s1. The molecule has 2 aliphatic rings. The summed E-state index contributed by atoms with van der Waals surface area (Å²) in [5, 5.41) is 0. The van der Waals surface area contributed by atoms with E-state index < -0.39 is 23.4 Å². The van der Waals surface area contributed by atoms with Crippen LogP contribution in [0.4, 0.5) is 11.4 Å². The van der Waals surface area contributed by atoms with E-state index in [4.69, 9.17) is 4.99 Å². The van der Waals surface area contributed by atoms with E-state index >= 15 is 0 Å². The highest BCUT2D eigenvalue weighted by Crippen LogP contribution is 2.44. The van der Waals surface area contributed by atoms with Crippen molar-refractivity contribution >= 4 is 34.8 Å². The quantitative estimate of drug-likeness (QED) is 0.358. The third-order valence-corrected chi connectivity index (χ3v) is 6.33. The van der Waals surface area contributed by atoms with Crippen LogP contribution in [-0.2, 0) is 4.79 Å². The van der Waals surface area contributed by atoms with Crippen molar-refractivity contribution in [3.63, 3.8) is 0 Å². The van der Waals surface area contributed by atoms with Crippen LogP contribution in [0.2, 0.25) is 0 Å². The molecule has 2 heterocycles. The van der Waals surface area contributed by atoms with Gasteiger partial charge in [-0.15, -0.1) is 0 Å². The van der Waals surface area contributed by atoms with E-state index in [1.54, 1.807) is 29.2 Å². The lowest BCUT2D eigenvalue weighted by atomic mass is 9.75. The number of rotatable bonds is 4. The fraction of sp³-hybridized carbons (Fsp3) is 0.154. The average Bonchev–Trinajstić information content (AvgIpc) is 3.06. The molecule has 6 nitrogen and oxygen atoms in total. The molecule has 2 atom stereocenters. The minimum atomic E-state index is -0.998. The first-order chi connectivity index (χ1) is 15.4. The summed E-state index contributed by atoms with van der Waals surface area (Å²) in [5.74, 6) is -1.21. The summed E-state index contributed by atoms with van der Waals surface area (Å²) in [6.07, 6.45) is 0. The molecule has 6 heteroatoms. The third kappa shape index (κ3) is 2.73. The SMILES string of the molecule is CC(=Nc1ccccc1)[C@@]1(C)[C@@H](N2C(=O)c3ccccc3C2=O)C(=O)N1c1ccccc1. The average molecular weight is 423 g/mol. The number of anilines is 1. The molecule has 0 N–H and O–H groups in total. The van der Waals surface area contributed by atoms with Crippen molar-refractivity contribution in [3.05, 3.63) is 96.1 Å². The summed E-state index contributed by atoms with van der Waals surface area (Å²) in [6.45, 7) is 3.69. The predicted octanol–water partition coefficient (Wildman–Crippen LogP) is 4.25. The minimum absolute atomic E-state index is 0.309. The Morgan fingerprint density at radius 2 is 1.28 bits per heavy atom. The van der Waals surface area contributed by atoms with Crippen molar-refractivity contribution in [2.45, 2.75) is 25.4 Å².